The molecule has 0 fully saturated rings. The van der Waals surface area contributed by atoms with E-state index in [1.807, 2.05) is 47.1 Å². The van der Waals surface area contributed by atoms with E-state index in [4.69, 9.17) is 9.47 Å². The number of ether oxygens (including phenoxy) is 2. The fourth-order valence-electron chi connectivity index (χ4n) is 2.26. The molecule has 0 radical (unpaired) electrons. The molecular formula is C17H17N3O2. The molecule has 5 nitrogen and oxygen atoms in total. The van der Waals surface area contributed by atoms with Crippen LogP contribution in [0.3, 0.4) is 0 Å². The molecule has 0 bridgehead atoms. The number of aromatic nitrogens is 3. The first kappa shape index (κ1) is 14.1. The van der Waals surface area contributed by atoms with Crippen molar-refractivity contribution < 1.29 is 9.47 Å². The first-order valence-corrected chi connectivity index (χ1v) is 7.06. The van der Waals surface area contributed by atoms with E-state index in [0.717, 1.165) is 22.8 Å². The van der Waals surface area contributed by atoms with Crippen molar-refractivity contribution in [1.29, 1.82) is 0 Å². The number of para-hydroxylation sites is 2. The highest BCUT2D eigenvalue weighted by atomic mass is 16.5. The fourth-order valence-corrected chi connectivity index (χ4v) is 2.26. The van der Waals surface area contributed by atoms with Crippen LogP contribution in [-0.2, 0) is 6.54 Å². The largest absolute Gasteiger partial charge is 0.493 e. The number of rotatable bonds is 6. The van der Waals surface area contributed by atoms with Crippen molar-refractivity contribution >= 4 is 0 Å². The van der Waals surface area contributed by atoms with Crippen molar-refractivity contribution in [3.05, 3.63) is 61.1 Å². The van der Waals surface area contributed by atoms with Crippen LogP contribution in [0.5, 0.6) is 11.5 Å². The number of benzene rings is 1. The molecule has 0 N–H and O–H groups in total. The molecule has 0 aliphatic carbocycles. The zero-order valence-corrected chi connectivity index (χ0v) is 12.3. The predicted molar refractivity (Wildman–Crippen MR) is 83.9 cm³/mol. The first-order chi connectivity index (χ1) is 10.9. The maximum atomic E-state index is 5.79. The standard InChI is InChI=1S/C17H17N3O2/c1-21-16-4-2-3-5-17(16)22-13-12-20-15(8-11-19-20)14-6-9-18-10-7-14/h2-11H,12-13H2,1H3. The Morgan fingerprint density at radius 1 is 0.955 bits per heavy atom. The number of hydrogen-bond donors (Lipinski definition) is 0. The topological polar surface area (TPSA) is 49.2 Å². The first-order valence-electron chi connectivity index (χ1n) is 7.06. The lowest BCUT2D eigenvalue weighted by Crippen LogP contribution is -2.11. The van der Waals surface area contributed by atoms with E-state index in [9.17, 15) is 0 Å². The normalized spacial score (nSPS) is 10.4. The minimum Gasteiger partial charge on any atom is -0.493 e. The molecule has 0 aliphatic heterocycles. The Balaban J connectivity index is 1.67. The Morgan fingerprint density at radius 3 is 2.50 bits per heavy atom. The summed E-state index contributed by atoms with van der Waals surface area (Å²) >= 11 is 0. The lowest BCUT2D eigenvalue weighted by atomic mass is 10.2. The van der Waals surface area contributed by atoms with E-state index < -0.39 is 0 Å². The number of hydrogen-bond acceptors (Lipinski definition) is 4. The van der Waals surface area contributed by atoms with E-state index >= 15 is 0 Å². The van der Waals surface area contributed by atoms with Crippen molar-refractivity contribution in [1.82, 2.24) is 14.8 Å². The van der Waals surface area contributed by atoms with Crippen LogP contribution in [0.1, 0.15) is 0 Å². The molecule has 0 aliphatic rings. The molecule has 2 heterocycles. The van der Waals surface area contributed by atoms with E-state index in [2.05, 4.69) is 10.1 Å². The number of pyridine rings is 1. The van der Waals surface area contributed by atoms with Crippen molar-refractivity contribution in [3.8, 4) is 22.8 Å². The second-order valence-corrected chi connectivity index (χ2v) is 4.67. The van der Waals surface area contributed by atoms with E-state index in [1.54, 1.807) is 25.7 Å². The Bertz CT molecular complexity index is 726. The summed E-state index contributed by atoms with van der Waals surface area (Å²) in [6, 6.07) is 13.5. The second-order valence-electron chi connectivity index (χ2n) is 4.67. The van der Waals surface area contributed by atoms with Crippen LogP contribution < -0.4 is 9.47 Å². The third-order valence-electron chi connectivity index (χ3n) is 3.32. The van der Waals surface area contributed by atoms with Gasteiger partial charge in [0.15, 0.2) is 11.5 Å². The quantitative estimate of drug-likeness (QED) is 0.701. The van der Waals surface area contributed by atoms with Gasteiger partial charge in [0.2, 0.25) is 0 Å². The van der Waals surface area contributed by atoms with Crippen LogP contribution in [0.15, 0.2) is 61.1 Å². The molecule has 3 rings (SSSR count). The third kappa shape index (κ3) is 3.09. The van der Waals surface area contributed by atoms with Gasteiger partial charge in [0.25, 0.3) is 0 Å². The van der Waals surface area contributed by atoms with Gasteiger partial charge in [0, 0.05) is 24.2 Å². The smallest absolute Gasteiger partial charge is 0.161 e. The number of methoxy groups -OCH3 is 1. The van der Waals surface area contributed by atoms with E-state index in [0.29, 0.717) is 13.2 Å². The molecule has 0 saturated carbocycles. The molecule has 0 amide bonds. The fraction of sp³-hybridized carbons (Fsp3) is 0.176. The number of nitrogens with zero attached hydrogens (tertiary/aromatic N) is 3. The summed E-state index contributed by atoms with van der Waals surface area (Å²) in [5.74, 6) is 1.47. The molecule has 0 atom stereocenters. The highest BCUT2D eigenvalue weighted by Crippen LogP contribution is 2.25. The Hall–Kier alpha value is -2.82. The average molecular weight is 295 g/mol. The Morgan fingerprint density at radius 2 is 1.73 bits per heavy atom. The van der Waals surface area contributed by atoms with Gasteiger partial charge < -0.3 is 9.47 Å². The SMILES string of the molecule is COc1ccccc1OCCn1nccc1-c1ccncc1. The van der Waals surface area contributed by atoms with Crippen LogP contribution in [0.25, 0.3) is 11.3 Å². The molecule has 5 heteroatoms. The van der Waals surface area contributed by atoms with Crippen LogP contribution in [0.4, 0.5) is 0 Å². The third-order valence-corrected chi connectivity index (χ3v) is 3.32. The monoisotopic (exact) mass is 295 g/mol. The van der Waals surface area contributed by atoms with Crippen LogP contribution in [0, 0.1) is 0 Å². The summed E-state index contributed by atoms with van der Waals surface area (Å²) < 4.78 is 13.0. The molecule has 112 valence electrons. The van der Waals surface area contributed by atoms with Gasteiger partial charge in [0.05, 0.1) is 19.3 Å². The van der Waals surface area contributed by atoms with Crippen molar-refractivity contribution in [2.75, 3.05) is 13.7 Å². The molecule has 22 heavy (non-hydrogen) atoms. The maximum absolute atomic E-state index is 5.79. The van der Waals surface area contributed by atoms with Gasteiger partial charge in [-0.25, -0.2) is 0 Å². The predicted octanol–water partition coefficient (Wildman–Crippen LogP) is 3.03. The molecule has 1 aromatic carbocycles. The van der Waals surface area contributed by atoms with Gasteiger partial charge >= 0.3 is 0 Å². The van der Waals surface area contributed by atoms with Gasteiger partial charge in [0.1, 0.15) is 6.61 Å². The molecule has 0 unspecified atom stereocenters. The van der Waals surface area contributed by atoms with Crippen LogP contribution >= 0.6 is 0 Å². The van der Waals surface area contributed by atoms with Gasteiger partial charge in [-0.05, 0) is 30.3 Å². The van der Waals surface area contributed by atoms with Gasteiger partial charge in [-0.1, -0.05) is 12.1 Å². The van der Waals surface area contributed by atoms with Gasteiger partial charge in [-0.15, -0.1) is 0 Å². The summed E-state index contributed by atoms with van der Waals surface area (Å²) in [6.07, 6.45) is 5.34. The minimum atomic E-state index is 0.514. The zero-order valence-electron chi connectivity index (χ0n) is 12.3. The Labute approximate surface area is 129 Å². The van der Waals surface area contributed by atoms with Crippen molar-refractivity contribution in [2.45, 2.75) is 6.54 Å². The highest BCUT2D eigenvalue weighted by molar-refractivity contribution is 5.58. The van der Waals surface area contributed by atoms with E-state index in [1.165, 1.54) is 0 Å². The minimum absolute atomic E-state index is 0.514. The molecule has 2 aromatic heterocycles. The average Bonchev–Trinajstić information content (AvgIpc) is 3.04. The Kier molecular flexibility index (Phi) is 4.34. The highest BCUT2D eigenvalue weighted by Gasteiger charge is 2.06. The molecule has 3 aromatic rings. The molecule has 0 saturated heterocycles. The van der Waals surface area contributed by atoms with Crippen LogP contribution in [0.2, 0.25) is 0 Å². The summed E-state index contributed by atoms with van der Waals surface area (Å²) in [5, 5.41) is 4.35. The maximum Gasteiger partial charge on any atom is 0.161 e. The lowest BCUT2D eigenvalue weighted by molar-refractivity contribution is 0.275. The van der Waals surface area contributed by atoms with Crippen molar-refractivity contribution in [2.24, 2.45) is 0 Å². The van der Waals surface area contributed by atoms with Gasteiger partial charge in [-0.2, -0.15) is 5.10 Å². The van der Waals surface area contributed by atoms with Crippen molar-refractivity contribution in [3.63, 3.8) is 0 Å². The summed E-state index contributed by atoms with van der Waals surface area (Å²) in [4.78, 5) is 4.04. The van der Waals surface area contributed by atoms with E-state index in [-0.39, 0.29) is 0 Å². The summed E-state index contributed by atoms with van der Waals surface area (Å²) in [7, 11) is 1.64. The summed E-state index contributed by atoms with van der Waals surface area (Å²) in [5.41, 5.74) is 2.14. The zero-order chi connectivity index (χ0) is 15.2. The lowest BCUT2D eigenvalue weighted by Gasteiger charge is -2.11. The summed E-state index contributed by atoms with van der Waals surface area (Å²) in [6.45, 7) is 1.17. The molecule has 0 spiro atoms. The molecular weight excluding hydrogens is 278 g/mol. The second kappa shape index (κ2) is 6.76. The van der Waals surface area contributed by atoms with Crippen LogP contribution in [-0.4, -0.2) is 28.5 Å². The van der Waals surface area contributed by atoms with Gasteiger partial charge in [-0.3, -0.25) is 9.67 Å².